The summed E-state index contributed by atoms with van der Waals surface area (Å²) in [5.74, 6) is -0.196. The Bertz CT molecular complexity index is 1100. The number of aromatic nitrogens is 3. The van der Waals surface area contributed by atoms with E-state index in [2.05, 4.69) is 15.6 Å². The van der Waals surface area contributed by atoms with Crippen molar-refractivity contribution in [2.24, 2.45) is 0 Å². The smallest absolute Gasteiger partial charge is 0.243 e. The predicted molar refractivity (Wildman–Crippen MR) is 105 cm³/mol. The molecule has 0 bridgehead atoms. The number of rotatable bonds is 4. The molecule has 1 saturated heterocycles. The lowest BCUT2D eigenvalue weighted by molar-refractivity contribution is -0.114. The summed E-state index contributed by atoms with van der Waals surface area (Å²) >= 11 is 0. The van der Waals surface area contributed by atoms with Gasteiger partial charge in [0, 0.05) is 25.7 Å². The van der Waals surface area contributed by atoms with Crippen molar-refractivity contribution in [2.75, 3.05) is 18.4 Å². The SMILES string of the molecule is CC(=O)Nc1ccc(S(=O)(=O)N2CCC(n3nnc4ccccc43)CC2)cc1. The normalized spacial score (nSPS) is 16.3. The first-order chi connectivity index (χ1) is 13.4. The first kappa shape index (κ1) is 18.6. The maximum absolute atomic E-state index is 12.9. The van der Waals surface area contributed by atoms with Gasteiger partial charge in [-0.15, -0.1) is 5.10 Å². The molecule has 1 aliphatic rings. The molecular formula is C19H21N5O3S. The van der Waals surface area contributed by atoms with Crippen molar-refractivity contribution in [3.8, 4) is 0 Å². The Morgan fingerprint density at radius 1 is 1.07 bits per heavy atom. The Labute approximate surface area is 163 Å². The van der Waals surface area contributed by atoms with Gasteiger partial charge in [0.25, 0.3) is 0 Å². The third-order valence-corrected chi connectivity index (χ3v) is 6.87. The minimum atomic E-state index is -3.57. The molecule has 2 heterocycles. The zero-order valence-corrected chi connectivity index (χ0v) is 16.3. The Morgan fingerprint density at radius 3 is 2.43 bits per heavy atom. The molecule has 28 heavy (non-hydrogen) atoms. The third-order valence-electron chi connectivity index (χ3n) is 4.96. The van der Waals surface area contributed by atoms with Gasteiger partial charge in [0.2, 0.25) is 15.9 Å². The summed E-state index contributed by atoms with van der Waals surface area (Å²) in [4.78, 5) is 11.3. The van der Waals surface area contributed by atoms with E-state index in [0.29, 0.717) is 31.6 Å². The number of anilines is 1. The van der Waals surface area contributed by atoms with Crippen molar-refractivity contribution in [3.05, 3.63) is 48.5 Å². The largest absolute Gasteiger partial charge is 0.326 e. The van der Waals surface area contributed by atoms with Crippen LogP contribution in [0.25, 0.3) is 11.0 Å². The van der Waals surface area contributed by atoms with Crippen molar-refractivity contribution in [3.63, 3.8) is 0 Å². The van der Waals surface area contributed by atoms with Crippen molar-refractivity contribution >= 4 is 32.7 Å². The Kier molecular flexibility index (Phi) is 4.86. The number of hydrogen-bond acceptors (Lipinski definition) is 5. The average molecular weight is 399 g/mol. The molecule has 0 radical (unpaired) electrons. The lowest BCUT2D eigenvalue weighted by atomic mass is 10.1. The number of para-hydroxylation sites is 1. The molecule has 1 N–H and O–H groups in total. The van der Waals surface area contributed by atoms with E-state index in [1.165, 1.54) is 23.4 Å². The van der Waals surface area contributed by atoms with Crippen molar-refractivity contribution in [1.29, 1.82) is 0 Å². The summed E-state index contributed by atoms with van der Waals surface area (Å²) in [5, 5.41) is 11.1. The highest BCUT2D eigenvalue weighted by atomic mass is 32.2. The number of benzene rings is 2. The van der Waals surface area contributed by atoms with E-state index in [4.69, 9.17) is 0 Å². The Hall–Kier alpha value is -2.78. The minimum Gasteiger partial charge on any atom is -0.326 e. The van der Waals surface area contributed by atoms with Gasteiger partial charge in [-0.05, 0) is 49.2 Å². The summed E-state index contributed by atoms with van der Waals surface area (Å²) in [5.41, 5.74) is 2.39. The second kappa shape index (κ2) is 7.33. The maximum atomic E-state index is 12.9. The van der Waals surface area contributed by atoms with Crippen molar-refractivity contribution in [1.82, 2.24) is 19.3 Å². The molecule has 0 unspecified atom stereocenters. The van der Waals surface area contributed by atoms with Gasteiger partial charge < -0.3 is 5.32 Å². The molecular weight excluding hydrogens is 378 g/mol. The van der Waals surface area contributed by atoms with Crippen LogP contribution in [0.4, 0.5) is 5.69 Å². The van der Waals surface area contributed by atoms with Crippen LogP contribution in [0.2, 0.25) is 0 Å². The minimum absolute atomic E-state index is 0.126. The first-order valence-electron chi connectivity index (χ1n) is 9.13. The van der Waals surface area contributed by atoms with Crippen LogP contribution in [-0.2, 0) is 14.8 Å². The van der Waals surface area contributed by atoms with E-state index < -0.39 is 10.0 Å². The average Bonchev–Trinajstić information content (AvgIpc) is 3.12. The molecule has 1 aromatic heterocycles. The van der Waals surface area contributed by atoms with Crippen LogP contribution in [0.5, 0.6) is 0 Å². The molecule has 4 rings (SSSR count). The van der Waals surface area contributed by atoms with E-state index in [1.807, 2.05) is 28.9 Å². The number of fused-ring (bicyclic) bond motifs is 1. The van der Waals surface area contributed by atoms with Crippen molar-refractivity contribution < 1.29 is 13.2 Å². The first-order valence-corrected chi connectivity index (χ1v) is 10.6. The van der Waals surface area contributed by atoms with E-state index in [1.54, 1.807) is 12.1 Å². The van der Waals surface area contributed by atoms with Crippen LogP contribution in [0, 0.1) is 0 Å². The molecule has 9 heteroatoms. The topological polar surface area (TPSA) is 97.2 Å². The number of hydrogen-bond donors (Lipinski definition) is 1. The molecule has 146 valence electrons. The fraction of sp³-hybridized carbons (Fsp3) is 0.316. The molecule has 3 aromatic rings. The molecule has 1 amide bonds. The monoisotopic (exact) mass is 399 g/mol. The fourth-order valence-electron chi connectivity index (χ4n) is 3.55. The van der Waals surface area contributed by atoms with Gasteiger partial charge >= 0.3 is 0 Å². The van der Waals surface area contributed by atoms with Gasteiger partial charge in [0.15, 0.2) is 0 Å². The summed E-state index contributed by atoms with van der Waals surface area (Å²) in [6.07, 6.45) is 1.35. The summed E-state index contributed by atoms with van der Waals surface area (Å²) in [6, 6.07) is 14.2. The number of carbonyl (C=O) groups excluding carboxylic acids is 1. The van der Waals surface area contributed by atoms with Gasteiger partial charge in [-0.2, -0.15) is 4.31 Å². The number of piperidine rings is 1. The van der Waals surface area contributed by atoms with E-state index in [-0.39, 0.29) is 16.8 Å². The maximum Gasteiger partial charge on any atom is 0.243 e. The van der Waals surface area contributed by atoms with Gasteiger partial charge in [0.05, 0.1) is 16.5 Å². The molecule has 0 atom stereocenters. The van der Waals surface area contributed by atoms with Crippen LogP contribution in [0.3, 0.4) is 0 Å². The quantitative estimate of drug-likeness (QED) is 0.727. The Balaban J connectivity index is 1.47. The van der Waals surface area contributed by atoms with Crippen LogP contribution in [-0.4, -0.2) is 46.7 Å². The lowest BCUT2D eigenvalue weighted by Gasteiger charge is -2.31. The lowest BCUT2D eigenvalue weighted by Crippen LogP contribution is -2.39. The number of sulfonamides is 1. The zero-order chi connectivity index (χ0) is 19.7. The second-order valence-electron chi connectivity index (χ2n) is 6.86. The molecule has 0 saturated carbocycles. The van der Waals surface area contributed by atoms with Crippen molar-refractivity contribution in [2.45, 2.75) is 30.7 Å². The number of nitrogens with zero attached hydrogens (tertiary/aromatic N) is 4. The van der Waals surface area contributed by atoms with Gasteiger partial charge in [0.1, 0.15) is 5.52 Å². The number of carbonyl (C=O) groups is 1. The molecule has 1 fully saturated rings. The van der Waals surface area contributed by atoms with E-state index in [0.717, 1.165) is 11.0 Å². The highest BCUT2D eigenvalue weighted by Crippen LogP contribution is 2.28. The summed E-state index contributed by atoms with van der Waals surface area (Å²) in [6.45, 7) is 2.26. The Morgan fingerprint density at radius 2 is 1.75 bits per heavy atom. The summed E-state index contributed by atoms with van der Waals surface area (Å²) in [7, 11) is -3.57. The molecule has 2 aromatic carbocycles. The molecule has 0 aliphatic carbocycles. The number of amides is 1. The van der Waals surface area contributed by atoms with Gasteiger partial charge in [-0.3, -0.25) is 4.79 Å². The number of nitrogens with one attached hydrogen (secondary N) is 1. The zero-order valence-electron chi connectivity index (χ0n) is 15.4. The highest BCUT2D eigenvalue weighted by Gasteiger charge is 2.30. The second-order valence-corrected chi connectivity index (χ2v) is 8.80. The van der Waals surface area contributed by atoms with E-state index >= 15 is 0 Å². The standard InChI is InChI=1S/C19H21N5O3S/c1-14(25)20-15-6-8-17(9-7-15)28(26,27)23-12-10-16(11-13-23)24-19-5-3-2-4-18(19)21-22-24/h2-9,16H,10-13H2,1H3,(H,20,25). The van der Waals surface area contributed by atoms with Crippen LogP contribution in [0.1, 0.15) is 25.8 Å². The summed E-state index contributed by atoms with van der Waals surface area (Å²) < 4.78 is 29.3. The third kappa shape index (κ3) is 3.50. The molecule has 8 nitrogen and oxygen atoms in total. The van der Waals surface area contributed by atoms with Gasteiger partial charge in [-0.25, -0.2) is 13.1 Å². The van der Waals surface area contributed by atoms with Crippen LogP contribution >= 0.6 is 0 Å². The molecule has 1 aliphatic heterocycles. The highest BCUT2D eigenvalue weighted by molar-refractivity contribution is 7.89. The van der Waals surface area contributed by atoms with Gasteiger partial charge in [-0.1, -0.05) is 17.3 Å². The molecule has 0 spiro atoms. The predicted octanol–water partition coefficient (Wildman–Crippen LogP) is 2.42. The fourth-order valence-corrected chi connectivity index (χ4v) is 5.02. The van der Waals surface area contributed by atoms with Crippen LogP contribution in [0.15, 0.2) is 53.4 Å². The van der Waals surface area contributed by atoms with Crippen LogP contribution < -0.4 is 5.32 Å². The van der Waals surface area contributed by atoms with E-state index in [9.17, 15) is 13.2 Å².